The van der Waals surface area contributed by atoms with Crippen LogP contribution < -0.4 is 0 Å². The molecule has 0 aromatic heterocycles. The lowest BCUT2D eigenvalue weighted by Gasteiger charge is -2.15. The van der Waals surface area contributed by atoms with Gasteiger partial charge in [0.25, 0.3) is 0 Å². The van der Waals surface area contributed by atoms with E-state index in [4.69, 9.17) is 9.47 Å². The third-order valence-corrected chi connectivity index (χ3v) is 12.7. The molecule has 5 nitrogen and oxygen atoms in total. The van der Waals surface area contributed by atoms with E-state index in [9.17, 15) is 14.7 Å². The van der Waals surface area contributed by atoms with E-state index in [1.54, 1.807) is 0 Å². The van der Waals surface area contributed by atoms with E-state index in [-0.39, 0.29) is 25.2 Å². The highest BCUT2D eigenvalue weighted by Gasteiger charge is 2.16. The second-order valence-corrected chi connectivity index (χ2v) is 18.7. The van der Waals surface area contributed by atoms with Crippen LogP contribution in [0.25, 0.3) is 0 Å². The summed E-state index contributed by atoms with van der Waals surface area (Å²) in [6.07, 6.45) is 61.5. The first-order valence-corrected chi connectivity index (χ1v) is 27.1. The molecule has 59 heavy (non-hydrogen) atoms. The van der Waals surface area contributed by atoms with Crippen molar-refractivity contribution in [1.29, 1.82) is 0 Å². The number of unbranched alkanes of at least 4 members (excludes halogenated alkanes) is 43. The Morgan fingerprint density at radius 2 is 0.525 bits per heavy atom. The number of ether oxygens (including phenoxy) is 2. The van der Waals surface area contributed by atoms with Gasteiger partial charge in [0.15, 0.2) is 6.10 Å². The smallest absolute Gasteiger partial charge is 0.306 e. The van der Waals surface area contributed by atoms with Crippen LogP contribution in [0.4, 0.5) is 0 Å². The molecule has 0 saturated carbocycles. The Hall–Kier alpha value is -1.10. The minimum absolute atomic E-state index is 0.0589. The number of esters is 2. The summed E-state index contributed by atoms with van der Waals surface area (Å²) in [6, 6.07) is 0. The fourth-order valence-corrected chi connectivity index (χ4v) is 8.56. The fraction of sp³-hybridized carbons (Fsp3) is 0.963. The van der Waals surface area contributed by atoms with Crippen LogP contribution in [0, 0.1) is 0 Å². The Kier molecular flexibility index (Phi) is 50.3. The SMILES string of the molecule is CCCCCCCCCCCCCCCCCCCCCCCCCCCCCCCCCCCCCCCCCC(=O)OC(CO)COC(=O)CCCCCCCC. The summed E-state index contributed by atoms with van der Waals surface area (Å²) < 4.78 is 10.6. The maximum atomic E-state index is 12.2. The second kappa shape index (κ2) is 51.3. The summed E-state index contributed by atoms with van der Waals surface area (Å²) in [4.78, 5) is 24.1. The standard InChI is InChI=1S/C54H106O5/c1-3-5-7-9-11-12-13-14-15-16-17-18-19-20-21-22-23-24-25-26-27-28-29-30-31-32-33-34-35-36-37-38-39-40-41-42-43-45-47-49-54(57)59-52(50-55)51-58-53(56)48-46-44-10-8-6-4-2/h52,55H,3-51H2,1-2H3. The van der Waals surface area contributed by atoms with Crippen LogP contribution in [0.15, 0.2) is 0 Å². The second-order valence-electron chi connectivity index (χ2n) is 18.7. The van der Waals surface area contributed by atoms with Gasteiger partial charge in [-0.1, -0.05) is 290 Å². The number of hydrogen-bond acceptors (Lipinski definition) is 5. The first kappa shape index (κ1) is 57.9. The van der Waals surface area contributed by atoms with Gasteiger partial charge in [-0.3, -0.25) is 9.59 Å². The van der Waals surface area contributed by atoms with Crippen LogP contribution in [0.3, 0.4) is 0 Å². The topological polar surface area (TPSA) is 72.8 Å². The highest BCUT2D eigenvalue weighted by Crippen LogP contribution is 2.18. The van der Waals surface area contributed by atoms with Crippen LogP contribution in [0.5, 0.6) is 0 Å². The summed E-state index contributed by atoms with van der Waals surface area (Å²) in [5.74, 6) is -0.584. The van der Waals surface area contributed by atoms with Crippen molar-refractivity contribution >= 4 is 11.9 Å². The zero-order chi connectivity index (χ0) is 42.8. The molecular formula is C54H106O5. The average molecular weight is 835 g/mol. The normalized spacial score (nSPS) is 12.0. The predicted octanol–water partition coefficient (Wildman–Crippen LogP) is 17.8. The van der Waals surface area contributed by atoms with E-state index >= 15 is 0 Å². The lowest BCUT2D eigenvalue weighted by molar-refractivity contribution is -0.161. The number of rotatable bonds is 51. The van der Waals surface area contributed by atoms with Crippen LogP contribution in [0.1, 0.15) is 316 Å². The minimum Gasteiger partial charge on any atom is -0.462 e. The van der Waals surface area contributed by atoms with Crippen molar-refractivity contribution in [3.8, 4) is 0 Å². The van der Waals surface area contributed by atoms with Gasteiger partial charge < -0.3 is 14.6 Å². The zero-order valence-electron chi connectivity index (χ0n) is 40.3. The molecule has 0 radical (unpaired) electrons. The lowest BCUT2D eigenvalue weighted by Crippen LogP contribution is -2.28. The molecule has 0 aromatic carbocycles. The Labute approximate surface area is 369 Å². The third-order valence-electron chi connectivity index (χ3n) is 12.7. The molecule has 352 valence electrons. The number of aliphatic hydroxyl groups excluding tert-OH is 1. The first-order chi connectivity index (χ1) is 29.1. The molecule has 0 spiro atoms. The number of aliphatic hydroxyl groups is 1. The van der Waals surface area contributed by atoms with Crippen LogP contribution >= 0.6 is 0 Å². The number of hydrogen-bond donors (Lipinski definition) is 1. The van der Waals surface area contributed by atoms with Crippen molar-refractivity contribution in [2.75, 3.05) is 13.2 Å². The van der Waals surface area contributed by atoms with Gasteiger partial charge in [-0.15, -0.1) is 0 Å². The van der Waals surface area contributed by atoms with E-state index in [0.29, 0.717) is 12.8 Å². The molecule has 1 N–H and O–H groups in total. The maximum Gasteiger partial charge on any atom is 0.306 e. The summed E-state index contributed by atoms with van der Waals surface area (Å²) in [5.41, 5.74) is 0. The molecule has 0 aliphatic heterocycles. The van der Waals surface area contributed by atoms with Gasteiger partial charge in [0.1, 0.15) is 6.61 Å². The van der Waals surface area contributed by atoms with Gasteiger partial charge in [-0.25, -0.2) is 0 Å². The minimum atomic E-state index is -0.760. The van der Waals surface area contributed by atoms with Crippen molar-refractivity contribution in [1.82, 2.24) is 0 Å². The quantitative estimate of drug-likeness (QED) is 0.0488. The Bertz CT molecular complexity index is 815. The number of carbonyl (C=O) groups excluding carboxylic acids is 2. The molecule has 0 rings (SSSR count). The summed E-state index contributed by atoms with van der Waals surface area (Å²) in [5, 5.41) is 9.52. The van der Waals surface area contributed by atoms with Gasteiger partial charge >= 0.3 is 11.9 Å². The highest BCUT2D eigenvalue weighted by molar-refractivity contribution is 5.70. The van der Waals surface area contributed by atoms with Crippen molar-refractivity contribution in [3.63, 3.8) is 0 Å². The van der Waals surface area contributed by atoms with E-state index in [1.807, 2.05) is 0 Å². The lowest BCUT2D eigenvalue weighted by atomic mass is 10.0. The van der Waals surface area contributed by atoms with Crippen molar-refractivity contribution < 1.29 is 24.2 Å². The maximum absolute atomic E-state index is 12.2. The van der Waals surface area contributed by atoms with Gasteiger partial charge in [0, 0.05) is 12.8 Å². The van der Waals surface area contributed by atoms with Gasteiger partial charge in [0.2, 0.25) is 0 Å². The largest absolute Gasteiger partial charge is 0.462 e. The predicted molar refractivity (Wildman–Crippen MR) is 256 cm³/mol. The molecule has 1 atom stereocenters. The molecular weight excluding hydrogens is 729 g/mol. The van der Waals surface area contributed by atoms with Crippen molar-refractivity contribution in [3.05, 3.63) is 0 Å². The Balaban J connectivity index is 3.25. The van der Waals surface area contributed by atoms with Crippen molar-refractivity contribution in [2.45, 2.75) is 322 Å². The summed E-state index contributed by atoms with van der Waals surface area (Å²) >= 11 is 0. The van der Waals surface area contributed by atoms with E-state index in [0.717, 1.165) is 38.5 Å². The van der Waals surface area contributed by atoms with Crippen LogP contribution in [-0.4, -0.2) is 36.4 Å². The molecule has 1 unspecified atom stereocenters. The molecule has 0 bridgehead atoms. The first-order valence-electron chi connectivity index (χ1n) is 27.1. The van der Waals surface area contributed by atoms with Crippen molar-refractivity contribution in [2.24, 2.45) is 0 Å². The van der Waals surface area contributed by atoms with E-state index < -0.39 is 6.10 Å². The molecule has 0 amide bonds. The van der Waals surface area contributed by atoms with E-state index in [1.165, 1.54) is 250 Å². The Morgan fingerprint density at radius 3 is 0.746 bits per heavy atom. The monoisotopic (exact) mass is 835 g/mol. The fourth-order valence-electron chi connectivity index (χ4n) is 8.56. The van der Waals surface area contributed by atoms with Crippen LogP contribution in [-0.2, 0) is 19.1 Å². The molecule has 0 aliphatic carbocycles. The average Bonchev–Trinajstić information content (AvgIpc) is 3.24. The summed E-state index contributed by atoms with van der Waals surface area (Å²) in [6.45, 7) is 4.11. The van der Waals surface area contributed by atoms with Crippen LogP contribution in [0.2, 0.25) is 0 Å². The Morgan fingerprint density at radius 1 is 0.322 bits per heavy atom. The molecule has 0 aliphatic rings. The number of carbonyl (C=O) groups is 2. The zero-order valence-corrected chi connectivity index (χ0v) is 40.3. The molecule has 0 fully saturated rings. The molecule has 5 heteroatoms. The van der Waals surface area contributed by atoms with Gasteiger partial charge in [-0.2, -0.15) is 0 Å². The van der Waals surface area contributed by atoms with Gasteiger partial charge in [0.05, 0.1) is 6.61 Å². The summed E-state index contributed by atoms with van der Waals surface area (Å²) in [7, 11) is 0. The highest BCUT2D eigenvalue weighted by atomic mass is 16.6. The molecule has 0 aromatic rings. The molecule has 0 heterocycles. The van der Waals surface area contributed by atoms with E-state index in [2.05, 4.69) is 13.8 Å². The van der Waals surface area contributed by atoms with Gasteiger partial charge in [-0.05, 0) is 12.8 Å². The molecule has 0 saturated heterocycles. The third kappa shape index (κ3) is 49.4.